The fraction of sp³-hybridized carbons (Fsp3) is 0.400. The minimum absolute atomic E-state index is 0.586. The van der Waals surface area contributed by atoms with Gasteiger partial charge in [-0.3, -0.25) is 0 Å². The van der Waals surface area contributed by atoms with E-state index in [-0.39, 0.29) is 0 Å². The number of ether oxygens (including phenoxy) is 2. The summed E-state index contributed by atoms with van der Waals surface area (Å²) in [5.74, 6) is -3.18. The maximum absolute atomic E-state index is 13.0. The standard InChI is InChI=1S/C10H8F6N2O3/c1-20-8(19)6-5(9(11,12)13)7(21-10(14,15)16)4(2-17)3-18-6/h3H,2,17H2,1H3. The average molecular weight is 318 g/mol. The molecule has 5 nitrogen and oxygen atoms in total. The fourth-order valence-corrected chi connectivity index (χ4v) is 1.43. The van der Waals surface area contributed by atoms with E-state index < -0.39 is 47.6 Å². The van der Waals surface area contributed by atoms with Crippen LogP contribution in [0.5, 0.6) is 5.75 Å². The highest BCUT2D eigenvalue weighted by molar-refractivity contribution is 5.90. The quantitative estimate of drug-likeness (QED) is 0.683. The monoisotopic (exact) mass is 318 g/mol. The SMILES string of the molecule is COC(=O)c1ncc(CN)c(OC(F)(F)F)c1C(F)(F)F. The maximum Gasteiger partial charge on any atom is 0.573 e. The number of hydrogen-bond donors (Lipinski definition) is 1. The van der Waals surface area contributed by atoms with Crippen LogP contribution in [0.15, 0.2) is 6.20 Å². The molecule has 0 amide bonds. The third kappa shape index (κ3) is 3.97. The van der Waals surface area contributed by atoms with E-state index in [1.54, 1.807) is 0 Å². The molecule has 1 heterocycles. The summed E-state index contributed by atoms with van der Waals surface area (Å²) in [6.07, 6.45) is -10.1. The van der Waals surface area contributed by atoms with Crippen LogP contribution < -0.4 is 10.5 Å². The first-order valence-corrected chi connectivity index (χ1v) is 5.14. The third-order valence-electron chi connectivity index (χ3n) is 2.20. The summed E-state index contributed by atoms with van der Waals surface area (Å²) in [6, 6.07) is 0. The lowest BCUT2D eigenvalue weighted by Crippen LogP contribution is -2.25. The zero-order valence-electron chi connectivity index (χ0n) is 10.3. The Kier molecular flexibility index (Phi) is 4.66. The van der Waals surface area contributed by atoms with Crippen molar-refractivity contribution in [1.29, 1.82) is 0 Å². The number of carbonyl (C=O) groups is 1. The van der Waals surface area contributed by atoms with Crippen molar-refractivity contribution in [1.82, 2.24) is 4.98 Å². The smallest absolute Gasteiger partial charge is 0.464 e. The lowest BCUT2D eigenvalue weighted by Gasteiger charge is -2.19. The Labute approximate surface area is 113 Å². The number of rotatable bonds is 3. The van der Waals surface area contributed by atoms with Crippen molar-refractivity contribution in [3.05, 3.63) is 23.0 Å². The Morgan fingerprint density at radius 3 is 2.24 bits per heavy atom. The molecule has 1 aromatic rings. The molecule has 0 atom stereocenters. The fourth-order valence-electron chi connectivity index (χ4n) is 1.43. The molecule has 0 aliphatic rings. The van der Waals surface area contributed by atoms with E-state index in [1.807, 2.05) is 0 Å². The highest BCUT2D eigenvalue weighted by atomic mass is 19.4. The molecule has 0 aromatic carbocycles. The molecule has 0 unspecified atom stereocenters. The van der Waals surface area contributed by atoms with Gasteiger partial charge in [-0.1, -0.05) is 0 Å². The number of halogens is 6. The molecule has 0 saturated heterocycles. The Hall–Kier alpha value is -2.04. The van der Waals surface area contributed by atoms with Crippen molar-refractivity contribution >= 4 is 5.97 Å². The van der Waals surface area contributed by atoms with Crippen LogP contribution in [-0.2, 0) is 17.5 Å². The summed E-state index contributed by atoms with van der Waals surface area (Å²) in [5, 5.41) is 0. The maximum atomic E-state index is 13.0. The average Bonchev–Trinajstić information content (AvgIpc) is 2.33. The molecule has 1 rings (SSSR count). The van der Waals surface area contributed by atoms with Gasteiger partial charge in [0.15, 0.2) is 5.69 Å². The minimum Gasteiger partial charge on any atom is -0.464 e. The molecule has 0 saturated carbocycles. The summed E-state index contributed by atoms with van der Waals surface area (Å²) in [5.41, 5.74) is 1.07. The zero-order valence-corrected chi connectivity index (χ0v) is 10.3. The molecule has 0 aliphatic carbocycles. The van der Waals surface area contributed by atoms with Gasteiger partial charge in [-0.2, -0.15) is 13.2 Å². The van der Waals surface area contributed by atoms with Gasteiger partial charge in [0, 0.05) is 18.3 Å². The number of methoxy groups -OCH3 is 1. The number of carbonyl (C=O) groups excluding carboxylic acids is 1. The first-order chi connectivity index (χ1) is 9.51. The van der Waals surface area contributed by atoms with Crippen LogP contribution in [0.25, 0.3) is 0 Å². The molecular formula is C10H8F6N2O3. The Bertz CT molecular complexity index is 541. The van der Waals surface area contributed by atoms with Gasteiger partial charge in [-0.25, -0.2) is 9.78 Å². The molecule has 0 fully saturated rings. The van der Waals surface area contributed by atoms with E-state index in [4.69, 9.17) is 5.73 Å². The first-order valence-electron chi connectivity index (χ1n) is 5.14. The predicted molar refractivity (Wildman–Crippen MR) is 55.2 cm³/mol. The first kappa shape index (κ1) is 17.0. The number of alkyl halides is 6. The Balaban J connectivity index is 3.66. The van der Waals surface area contributed by atoms with E-state index in [0.29, 0.717) is 6.20 Å². The summed E-state index contributed by atoms with van der Waals surface area (Å²) in [4.78, 5) is 14.4. The molecular weight excluding hydrogens is 310 g/mol. The lowest BCUT2D eigenvalue weighted by molar-refractivity contribution is -0.276. The van der Waals surface area contributed by atoms with E-state index in [9.17, 15) is 31.1 Å². The summed E-state index contributed by atoms with van der Waals surface area (Å²) < 4.78 is 83.1. The Morgan fingerprint density at radius 2 is 1.86 bits per heavy atom. The normalized spacial score (nSPS) is 12.2. The highest BCUT2D eigenvalue weighted by Gasteiger charge is 2.44. The van der Waals surface area contributed by atoms with E-state index in [0.717, 1.165) is 7.11 Å². The molecule has 118 valence electrons. The van der Waals surface area contributed by atoms with Crippen molar-refractivity contribution in [3.8, 4) is 5.75 Å². The van der Waals surface area contributed by atoms with Gasteiger partial charge in [0.1, 0.15) is 11.3 Å². The third-order valence-corrected chi connectivity index (χ3v) is 2.20. The number of aromatic nitrogens is 1. The van der Waals surface area contributed by atoms with Gasteiger partial charge in [-0.05, 0) is 0 Å². The molecule has 1 aromatic heterocycles. The van der Waals surface area contributed by atoms with E-state index in [2.05, 4.69) is 14.5 Å². The topological polar surface area (TPSA) is 74.4 Å². The van der Waals surface area contributed by atoms with Gasteiger partial charge in [0.05, 0.1) is 7.11 Å². The van der Waals surface area contributed by atoms with Gasteiger partial charge in [-0.15, -0.1) is 13.2 Å². The van der Waals surface area contributed by atoms with Crippen molar-refractivity contribution in [2.45, 2.75) is 19.1 Å². The van der Waals surface area contributed by atoms with Crippen LogP contribution in [0.2, 0.25) is 0 Å². The van der Waals surface area contributed by atoms with Crippen molar-refractivity contribution < 1.29 is 40.6 Å². The zero-order chi connectivity index (χ0) is 16.4. The minimum atomic E-state index is -5.40. The number of pyridine rings is 1. The van der Waals surface area contributed by atoms with Gasteiger partial charge in [0.2, 0.25) is 0 Å². The number of nitrogens with two attached hydrogens (primary N) is 1. The number of hydrogen-bond acceptors (Lipinski definition) is 5. The lowest BCUT2D eigenvalue weighted by atomic mass is 10.1. The summed E-state index contributed by atoms with van der Waals surface area (Å²) in [6.45, 7) is -0.705. The van der Waals surface area contributed by atoms with Crippen LogP contribution >= 0.6 is 0 Å². The molecule has 0 bridgehead atoms. The second kappa shape index (κ2) is 5.76. The molecule has 0 radical (unpaired) electrons. The number of nitrogens with zero attached hydrogens (tertiary/aromatic N) is 1. The second-order valence-electron chi connectivity index (χ2n) is 3.58. The Morgan fingerprint density at radius 1 is 1.29 bits per heavy atom. The molecule has 21 heavy (non-hydrogen) atoms. The van der Waals surface area contributed by atoms with Crippen LogP contribution in [0.3, 0.4) is 0 Å². The van der Waals surface area contributed by atoms with Crippen LogP contribution in [0.4, 0.5) is 26.3 Å². The van der Waals surface area contributed by atoms with Gasteiger partial charge < -0.3 is 15.2 Å². The molecule has 0 spiro atoms. The highest BCUT2D eigenvalue weighted by Crippen LogP contribution is 2.42. The molecule has 0 aliphatic heterocycles. The van der Waals surface area contributed by atoms with Crippen LogP contribution in [0, 0.1) is 0 Å². The summed E-state index contributed by atoms with van der Waals surface area (Å²) in [7, 11) is 0.755. The van der Waals surface area contributed by atoms with Gasteiger partial charge >= 0.3 is 18.5 Å². The van der Waals surface area contributed by atoms with Gasteiger partial charge in [0.25, 0.3) is 0 Å². The molecule has 2 N–H and O–H groups in total. The molecule has 11 heteroatoms. The predicted octanol–water partition coefficient (Wildman–Crippen LogP) is 2.24. The van der Waals surface area contributed by atoms with E-state index in [1.165, 1.54) is 0 Å². The van der Waals surface area contributed by atoms with E-state index >= 15 is 0 Å². The van der Waals surface area contributed by atoms with Crippen molar-refractivity contribution in [2.24, 2.45) is 5.73 Å². The largest absolute Gasteiger partial charge is 0.573 e. The van der Waals surface area contributed by atoms with Crippen LogP contribution in [0.1, 0.15) is 21.6 Å². The summed E-state index contributed by atoms with van der Waals surface area (Å²) >= 11 is 0. The van der Waals surface area contributed by atoms with Crippen molar-refractivity contribution in [3.63, 3.8) is 0 Å². The van der Waals surface area contributed by atoms with Crippen LogP contribution in [-0.4, -0.2) is 24.4 Å². The number of esters is 1. The second-order valence-corrected chi connectivity index (χ2v) is 3.58. The van der Waals surface area contributed by atoms with Crippen molar-refractivity contribution in [2.75, 3.05) is 7.11 Å².